The van der Waals surface area contributed by atoms with Crippen LogP contribution in [0.15, 0.2) is 41.1 Å². The highest BCUT2D eigenvalue weighted by Crippen LogP contribution is 2.18. The molecule has 2 aromatic heterocycles. The Morgan fingerprint density at radius 1 is 1.12 bits per heavy atom. The highest BCUT2D eigenvalue weighted by atomic mass is 16.5. The maximum atomic E-state index is 12.8. The van der Waals surface area contributed by atoms with E-state index in [0.29, 0.717) is 56.4 Å². The van der Waals surface area contributed by atoms with Gasteiger partial charge in [-0.05, 0) is 37.6 Å². The molecule has 2 aromatic rings. The van der Waals surface area contributed by atoms with E-state index in [9.17, 15) is 9.59 Å². The molecule has 0 unspecified atom stereocenters. The van der Waals surface area contributed by atoms with Crippen LogP contribution >= 0.6 is 0 Å². The number of ether oxygens (including phenoxy) is 1. The van der Waals surface area contributed by atoms with E-state index in [-0.39, 0.29) is 11.8 Å². The Kier molecular flexibility index (Phi) is 5.33. The molecule has 1 saturated heterocycles. The van der Waals surface area contributed by atoms with Crippen molar-refractivity contribution in [3.63, 3.8) is 0 Å². The smallest absolute Gasteiger partial charge is 0.289 e. The van der Waals surface area contributed by atoms with Crippen LogP contribution in [0.4, 0.5) is 0 Å². The molecule has 3 heterocycles. The monoisotopic (exact) mass is 343 g/mol. The van der Waals surface area contributed by atoms with Gasteiger partial charge in [-0.25, -0.2) is 4.98 Å². The number of aromatic nitrogens is 1. The second-order valence-electron chi connectivity index (χ2n) is 5.70. The lowest BCUT2D eigenvalue weighted by Crippen LogP contribution is -2.37. The van der Waals surface area contributed by atoms with Gasteiger partial charge in [0.25, 0.3) is 11.8 Å². The van der Waals surface area contributed by atoms with Crippen molar-refractivity contribution in [1.29, 1.82) is 0 Å². The number of amides is 2. The second-order valence-corrected chi connectivity index (χ2v) is 5.70. The molecule has 0 saturated carbocycles. The number of rotatable bonds is 4. The Labute approximate surface area is 146 Å². The van der Waals surface area contributed by atoms with Gasteiger partial charge in [0.05, 0.1) is 12.9 Å². The van der Waals surface area contributed by atoms with Gasteiger partial charge in [-0.2, -0.15) is 0 Å². The fourth-order valence-corrected chi connectivity index (χ4v) is 2.86. The predicted octanol–water partition coefficient (Wildman–Crippen LogP) is 2.06. The number of nitrogens with zero attached hydrogens (tertiary/aromatic N) is 3. The Morgan fingerprint density at radius 3 is 2.56 bits per heavy atom. The van der Waals surface area contributed by atoms with Crippen LogP contribution in [0.1, 0.15) is 34.3 Å². The molecule has 132 valence electrons. The van der Waals surface area contributed by atoms with E-state index in [1.165, 1.54) is 6.26 Å². The molecule has 1 aliphatic heterocycles. The Bertz CT molecular complexity index is 730. The minimum absolute atomic E-state index is 0.121. The molecular formula is C18H21N3O4. The van der Waals surface area contributed by atoms with E-state index < -0.39 is 0 Å². The molecule has 25 heavy (non-hydrogen) atoms. The molecule has 0 aromatic carbocycles. The number of pyridine rings is 1. The molecule has 1 aliphatic rings. The van der Waals surface area contributed by atoms with Gasteiger partial charge in [0, 0.05) is 32.4 Å². The van der Waals surface area contributed by atoms with Crippen molar-refractivity contribution in [2.75, 3.05) is 32.8 Å². The van der Waals surface area contributed by atoms with Gasteiger partial charge in [-0.3, -0.25) is 9.59 Å². The lowest BCUT2D eigenvalue weighted by atomic mass is 10.2. The summed E-state index contributed by atoms with van der Waals surface area (Å²) in [5.74, 6) is 0.410. The maximum absolute atomic E-state index is 12.8. The van der Waals surface area contributed by atoms with Crippen LogP contribution in [-0.4, -0.2) is 59.4 Å². The normalized spacial score (nSPS) is 14.9. The Balaban J connectivity index is 1.69. The Hall–Kier alpha value is -2.83. The fraction of sp³-hybridized carbons (Fsp3) is 0.389. The SMILES string of the molecule is CCOc1ncccc1C(=O)N1CCCN(C(=O)c2ccco2)CC1. The Morgan fingerprint density at radius 2 is 1.88 bits per heavy atom. The zero-order valence-corrected chi connectivity index (χ0v) is 14.2. The third-order valence-electron chi connectivity index (χ3n) is 4.08. The lowest BCUT2D eigenvalue weighted by Gasteiger charge is -2.22. The standard InChI is InChI=1S/C18H21N3O4/c1-2-24-16-14(6-3-8-19-16)17(22)20-9-5-10-21(12-11-20)18(23)15-7-4-13-25-15/h3-4,6-8,13H,2,5,9-12H2,1H3. The zero-order valence-electron chi connectivity index (χ0n) is 14.2. The van der Waals surface area contributed by atoms with E-state index in [1.54, 1.807) is 40.3 Å². The van der Waals surface area contributed by atoms with Crippen LogP contribution in [0.2, 0.25) is 0 Å². The van der Waals surface area contributed by atoms with Crippen LogP contribution in [0.3, 0.4) is 0 Å². The molecule has 0 bridgehead atoms. The van der Waals surface area contributed by atoms with Gasteiger partial charge in [0.15, 0.2) is 5.76 Å². The fourth-order valence-electron chi connectivity index (χ4n) is 2.86. The number of hydrogen-bond acceptors (Lipinski definition) is 5. The maximum Gasteiger partial charge on any atom is 0.289 e. The topological polar surface area (TPSA) is 75.9 Å². The zero-order chi connectivity index (χ0) is 17.6. The van der Waals surface area contributed by atoms with Crippen molar-refractivity contribution in [3.8, 4) is 5.88 Å². The number of carbonyl (C=O) groups excluding carboxylic acids is 2. The van der Waals surface area contributed by atoms with Crippen LogP contribution in [-0.2, 0) is 0 Å². The lowest BCUT2D eigenvalue weighted by molar-refractivity contribution is 0.0698. The van der Waals surface area contributed by atoms with Crippen LogP contribution in [0.5, 0.6) is 5.88 Å². The first-order chi connectivity index (χ1) is 12.2. The molecular weight excluding hydrogens is 322 g/mol. The molecule has 0 spiro atoms. The minimum atomic E-state index is -0.143. The van der Waals surface area contributed by atoms with Crippen LogP contribution < -0.4 is 4.74 Å². The minimum Gasteiger partial charge on any atom is -0.477 e. The van der Waals surface area contributed by atoms with Crippen molar-refractivity contribution in [1.82, 2.24) is 14.8 Å². The first-order valence-corrected chi connectivity index (χ1v) is 8.40. The van der Waals surface area contributed by atoms with E-state index in [4.69, 9.17) is 9.15 Å². The summed E-state index contributed by atoms with van der Waals surface area (Å²) >= 11 is 0. The molecule has 1 fully saturated rings. The molecule has 7 nitrogen and oxygen atoms in total. The van der Waals surface area contributed by atoms with Crippen molar-refractivity contribution in [2.45, 2.75) is 13.3 Å². The molecule has 0 radical (unpaired) electrons. The van der Waals surface area contributed by atoms with Crippen molar-refractivity contribution in [2.24, 2.45) is 0 Å². The first-order valence-electron chi connectivity index (χ1n) is 8.40. The van der Waals surface area contributed by atoms with E-state index in [0.717, 1.165) is 0 Å². The van der Waals surface area contributed by atoms with E-state index >= 15 is 0 Å². The van der Waals surface area contributed by atoms with Crippen molar-refractivity contribution in [3.05, 3.63) is 48.0 Å². The van der Waals surface area contributed by atoms with E-state index in [1.807, 2.05) is 6.92 Å². The summed E-state index contributed by atoms with van der Waals surface area (Å²) in [4.78, 5) is 32.8. The third kappa shape index (κ3) is 3.81. The highest BCUT2D eigenvalue weighted by Gasteiger charge is 2.26. The van der Waals surface area contributed by atoms with Gasteiger partial charge in [-0.15, -0.1) is 0 Å². The summed E-state index contributed by atoms with van der Waals surface area (Å²) in [6, 6.07) is 6.79. The second kappa shape index (κ2) is 7.83. The van der Waals surface area contributed by atoms with Crippen LogP contribution in [0.25, 0.3) is 0 Å². The van der Waals surface area contributed by atoms with Gasteiger partial charge >= 0.3 is 0 Å². The molecule has 0 N–H and O–H groups in total. The number of hydrogen-bond donors (Lipinski definition) is 0. The van der Waals surface area contributed by atoms with Crippen molar-refractivity contribution < 1.29 is 18.7 Å². The molecule has 3 rings (SSSR count). The van der Waals surface area contributed by atoms with Gasteiger partial charge < -0.3 is 19.0 Å². The summed E-state index contributed by atoms with van der Waals surface area (Å²) in [7, 11) is 0. The number of furan rings is 1. The first kappa shape index (κ1) is 17.0. The average molecular weight is 343 g/mol. The van der Waals surface area contributed by atoms with E-state index in [2.05, 4.69) is 4.98 Å². The number of carbonyl (C=O) groups is 2. The highest BCUT2D eigenvalue weighted by molar-refractivity contribution is 5.96. The quantitative estimate of drug-likeness (QED) is 0.849. The summed E-state index contributed by atoms with van der Waals surface area (Å²) in [6.45, 7) is 4.41. The summed E-state index contributed by atoms with van der Waals surface area (Å²) < 4.78 is 10.6. The van der Waals surface area contributed by atoms with Gasteiger partial charge in [0.1, 0.15) is 5.56 Å². The largest absolute Gasteiger partial charge is 0.477 e. The molecule has 7 heteroatoms. The van der Waals surface area contributed by atoms with Crippen LogP contribution in [0, 0.1) is 0 Å². The molecule has 0 atom stereocenters. The summed E-state index contributed by atoms with van der Waals surface area (Å²) in [5.41, 5.74) is 0.454. The summed E-state index contributed by atoms with van der Waals surface area (Å²) in [6.07, 6.45) is 3.80. The summed E-state index contributed by atoms with van der Waals surface area (Å²) in [5, 5.41) is 0. The van der Waals surface area contributed by atoms with Crippen molar-refractivity contribution >= 4 is 11.8 Å². The predicted molar refractivity (Wildman–Crippen MR) is 90.5 cm³/mol. The molecule has 2 amide bonds. The molecule has 0 aliphatic carbocycles. The average Bonchev–Trinajstić information content (AvgIpc) is 3.06. The van der Waals surface area contributed by atoms with Gasteiger partial charge in [0.2, 0.25) is 5.88 Å². The third-order valence-corrected chi connectivity index (χ3v) is 4.08. The van der Waals surface area contributed by atoms with Gasteiger partial charge in [-0.1, -0.05) is 0 Å².